The number of nitrogens with one attached hydrogen (secondary N) is 2. The first-order valence-electron chi connectivity index (χ1n) is 5.65. The van der Waals surface area contributed by atoms with Gasteiger partial charge in [0.15, 0.2) is 0 Å². The van der Waals surface area contributed by atoms with Crippen molar-refractivity contribution in [2.75, 3.05) is 13.1 Å². The van der Waals surface area contributed by atoms with Gasteiger partial charge in [0.25, 0.3) is 0 Å². The Balaban J connectivity index is 0.00000361. The fourth-order valence-corrected chi connectivity index (χ4v) is 3.15. The van der Waals surface area contributed by atoms with Gasteiger partial charge in [0.05, 0.1) is 4.47 Å². The summed E-state index contributed by atoms with van der Waals surface area (Å²) in [6, 6.07) is 1.35. The third-order valence-corrected chi connectivity index (χ3v) is 4.44. The fourth-order valence-electron chi connectivity index (χ4n) is 1.44. The highest BCUT2D eigenvalue weighted by molar-refractivity contribution is 9.10. The number of hydrogen-bond donors (Lipinski definition) is 2. The normalized spacial score (nSPS) is 12.8. The van der Waals surface area contributed by atoms with Crippen LogP contribution in [0.1, 0.15) is 13.8 Å². The Bertz CT molecular complexity index is 558. The van der Waals surface area contributed by atoms with Crippen LogP contribution in [0.4, 0.5) is 8.78 Å². The molecule has 0 spiro atoms. The van der Waals surface area contributed by atoms with Crippen molar-refractivity contribution in [3.05, 3.63) is 28.2 Å². The SMILES string of the molecule is CCN[C@H](C)CNS(=O)(=O)c1cc(Br)c(F)cc1F.Cl. The number of likely N-dealkylation sites (N-methyl/N-ethyl adjacent to an activating group) is 1. The van der Waals surface area contributed by atoms with Gasteiger partial charge in [0.1, 0.15) is 16.5 Å². The minimum Gasteiger partial charge on any atom is -0.313 e. The van der Waals surface area contributed by atoms with Crippen LogP contribution in [0.2, 0.25) is 0 Å². The molecule has 1 aromatic carbocycles. The molecule has 0 aliphatic carbocycles. The van der Waals surface area contributed by atoms with Crippen LogP contribution in [-0.2, 0) is 10.0 Å². The van der Waals surface area contributed by atoms with Gasteiger partial charge in [-0.3, -0.25) is 0 Å². The number of benzene rings is 1. The highest BCUT2D eigenvalue weighted by atomic mass is 79.9. The zero-order valence-electron chi connectivity index (χ0n) is 10.9. The monoisotopic (exact) mass is 392 g/mol. The van der Waals surface area contributed by atoms with Gasteiger partial charge in [0.2, 0.25) is 10.0 Å². The molecule has 20 heavy (non-hydrogen) atoms. The topological polar surface area (TPSA) is 58.2 Å². The van der Waals surface area contributed by atoms with E-state index in [9.17, 15) is 17.2 Å². The maximum atomic E-state index is 13.5. The molecule has 0 bridgehead atoms. The van der Waals surface area contributed by atoms with E-state index in [2.05, 4.69) is 26.0 Å². The average Bonchev–Trinajstić information content (AvgIpc) is 2.31. The summed E-state index contributed by atoms with van der Waals surface area (Å²) in [5, 5.41) is 3.01. The lowest BCUT2D eigenvalue weighted by Crippen LogP contribution is -2.39. The van der Waals surface area contributed by atoms with E-state index in [0.29, 0.717) is 12.6 Å². The molecule has 2 N–H and O–H groups in total. The number of rotatable bonds is 6. The summed E-state index contributed by atoms with van der Waals surface area (Å²) in [5.41, 5.74) is 0. The Morgan fingerprint density at radius 1 is 1.30 bits per heavy atom. The minimum absolute atomic E-state index is 0. The van der Waals surface area contributed by atoms with E-state index < -0.39 is 26.6 Å². The predicted molar refractivity (Wildman–Crippen MR) is 79.6 cm³/mol. The molecular formula is C11H16BrClF2N2O2S. The van der Waals surface area contributed by atoms with Gasteiger partial charge >= 0.3 is 0 Å². The Morgan fingerprint density at radius 2 is 1.90 bits per heavy atom. The molecule has 0 aliphatic rings. The molecule has 0 unspecified atom stereocenters. The van der Waals surface area contributed by atoms with Crippen LogP contribution in [0.25, 0.3) is 0 Å². The van der Waals surface area contributed by atoms with Crippen molar-refractivity contribution in [3.63, 3.8) is 0 Å². The summed E-state index contributed by atoms with van der Waals surface area (Å²) in [4.78, 5) is -0.579. The van der Waals surface area contributed by atoms with Gasteiger partial charge in [-0.05, 0) is 35.5 Å². The highest BCUT2D eigenvalue weighted by Crippen LogP contribution is 2.23. The standard InChI is InChI=1S/C11H15BrF2N2O2S.ClH/c1-3-15-7(2)6-16-19(17,18)11-4-8(12)9(13)5-10(11)14;/h4-5,7,15-16H,3,6H2,1-2H3;1H/t7-;/m1./s1. The highest BCUT2D eigenvalue weighted by Gasteiger charge is 2.21. The van der Waals surface area contributed by atoms with E-state index in [-0.39, 0.29) is 29.5 Å². The van der Waals surface area contributed by atoms with Gasteiger partial charge in [-0.25, -0.2) is 21.9 Å². The van der Waals surface area contributed by atoms with E-state index in [1.54, 1.807) is 6.92 Å². The molecule has 1 aromatic rings. The van der Waals surface area contributed by atoms with Crippen LogP contribution < -0.4 is 10.0 Å². The molecule has 116 valence electrons. The third kappa shape index (κ3) is 5.25. The first-order valence-corrected chi connectivity index (χ1v) is 7.93. The van der Waals surface area contributed by atoms with Crippen molar-refractivity contribution in [3.8, 4) is 0 Å². The van der Waals surface area contributed by atoms with Crippen molar-refractivity contribution < 1.29 is 17.2 Å². The van der Waals surface area contributed by atoms with Crippen molar-refractivity contribution in [1.82, 2.24) is 10.0 Å². The smallest absolute Gasteiger partial charge is 0.243 e. The van der Waals surface area contributed by atoms with Crippen molar-refractivity contribution in [2.24, 2.45) is 0 Å². The van der Waals surface area contributed by atoms with E-state index in [1.165, 1.54) is 0 Å². The second-order valence-corrected chi connectivity index (χ2v) is 6.60. The van der Waals surface area contributed by atoms with Gasteiger partial charge in [0, 0.05) is 18.7 Å². The van der Waals surface area contributed by atoms with E-state index in [4.69, 9.17) is 0 Å². The summed E-state index contributed by atoms with van der Waals surface area (Å²) in [5.74, 6) is -1.97. The number of sulfonamides is 1. The van der Waals surface area contributed by atoms with Crippen LogP contribution in [0.15, 0.2) is 21.5 Å². The zero-order chi connectivity index (χ0) is 14.6. The zero-order valence-corrected chi connectivity index (χ0v) is 14.1. The molecule has 1 atom stereocenters. The molecule has 0 radical (unpaired) electrons. The van der Waals surface area contributed by atoms with Gasteiger partial charge in [-0.15, -0.1) is 12.4 Å². The third-order valence-electron chi connectivity index (χ3n) is 2.40. The molecule has 0 saturated heterocycles. The molecule has 0 heterocycles. The lowest BCUT2D eigenvalue weighted by molar-refractivity contribution is 0.523. The van der Waals surface area contributed by atoms with Crippen LogP contribution >= 0.6 is 28.3 Å². The summed E-state index contributed by atoms with van der Waals surface area (Å²) < 4.78 is 52.5. The molecule has 0 saturated carbocycles. The minimum atomic E-state index is -4.01. The predicted octanol–water partition coefficient (Wildman–Crippen LogP) is 2.43. The van der Waals surface area contributed by atoms with Gasteiger partial charge < -0.3 is 5.32 Å². The molecule has 0 aromatic heterocycles. The molecule has 0 amide bonds. The largest absolute Gasteiger partial charge is 0.313 e. The summed E-state index contributed by atoms with van der Waals surface area (Å²) in [7, 11) is -4.01. The summed E-state index contributed by atoms with van der Waals surface area (Å²) in [6.07, 6.45) is 0. The van der Waals surface area contributed by atoms with Crippen LogP contribution in [0.3, 0.4) is 0 Å². The second kappa shape index (κ2) is 8.23. The van der Waals surface area contributed by atoms with Crippen molar-refractivity contribution >= 4 is 38.4 Å². The Labute approximate surface area is 131 Å². The van der Waals surface area contributed by atoms with Crippen LogP contribution in [0.5, 0.6) is 0 Å². The summed E-state index contributed by atoms with van der Waals surface area (Å²) in [6.45, 7) is 4.49. The molecule has 1 rings (SSSR count). The Kier molecular flexibility index (Phi) is 8.12. The van der Waals surface area contributed by atoms with Crippen LogP contribution in [0, 0.1) is 11.6 Å². The van der Waals surface area contributed by atoms with Crippen molar-refractivity contribution in [1.29, 1.82) is 0 Å². The average molecular weight is 394 g/mol. The lowest BCUT2D eigenvalue weighted by Gasteiger charge is -2.14. The first kappa shape index (κ1) is 19.7. The van der Waals surface area contributed by atoms with E-state index in [1.807, 2.05) is 6.92 Å². The molecule has 4 nitrogen and oxygen atoms in total. The van der Waals surface area contributed by atoms with Gasteiger partial charge in [-0.1, -0.05) is 6.92 Å². The van der Waals surface area contributed by atoms with Gasteiger partial charge in [-0.2, -0.15) is 0 Å². The lowest BCUT2D eigenvalue weighted by atomic mass is 10.3. The number of halogens is 4. The van der Waals surface area contributed by atoms with Crippen molar-refractivity contribution in [2.45, 2.75) is 24.8 Å². The molecular weight excluding hydrogens is 378 g/mol. The fraction of sp³-hybridized carbons (Fsp3) is 0.455. The maximum absolute atomic E-state index is 13.5. The first-order chi connectivity index (χ1) is 8.77. The number of hydrogen-bond acceptors (Lipinski definition) is 3. The second-order valence-electron chi connectivity index (χ2n) is 4.01. The summed E-state index contributed by atoms with van der Waals surface area (Å²) >= 11 is 2.83. The maximum Gasteiger partial charge on any atom is 0.243 e. The van der Waals surface area contributed by atoms with E-state index in [0.717, 1.165) is 6.07 Å². The molecule has 0 aliphatic heterocycles. The Hall–Kier alpha value is -0.280. The van der Waals surface area contributed by atoms with Crippen LogP contribution in [-0.4, -0.2) is 27.5 Å². The quantitative estimate of drug-likeness (QED) is 0.730. The van der Waals surface area contributed by atoms with E-state index >= 15 is 0 Å². The molecule has 9 heteroatoms. The molecule has 0 fully saturated rings. The Morgan fingerprint density at radius 3 is 2.45 bits per heavy atom.